The fraction of sp³-hybridized carbons (Fsp3) is 1.00. The first-order valence-electron chi connectivity index (χ1n) is 5.88. The maximum atomic E-state index is 3.59. The summed E-state index contributed by atoms with van der Waals surface area (Å²) in [7, 11) is 0. The van der Waals surface area contributed by atoms with Crippen molar-refractivity contribution >= 4 is 24.8 Å². The second-order valence-electron chi connectivity index (χ2n) is 5.08. The Kier molecular flexibility index (Phi) is 5.17. The van der Waals surface area contributed by atoms with E-state index in [1.165, 1.54) is 51.9 Å². The molecule has 0 unspecified atom stereocenters. The van der Waals surface area contributed by atoms with E-state index in [1.807, 2.05) is 0 Å². The lowest BCUT2D eigenvalue weighted by Gasteiger charge is -2.50. The predicted molar refractivity (Wildman–Crippen MR) is 68.2 cm³/mol. The fourth-order valence-electron chi connectivity index (χ4n) is 3.61. The standard InChI is InChI=1S/C11H20N2.2ClH/c1-2-4-13-8-9-5-10(7-12-6-9)11(13)3-1;;/h9-12H,1-8H2;2*1H/t9-,10-,11+;;/m1../s1. The van der Waals surface area contributed by atoms with E-state index in [0.29, 0.717) is 0 Å². The Morgan fingerprint density at radius 1 is 1.07 bits per heavy atom. The van der Waals surface area contributed by atoms with E-state index < -0.39 is 0 Å². The summed E-state index contributed by atoms with van der Waals surface area (Å²) in [6.45, 7) is 5.34. The van der Waals surface area contributed by atoms with Gasteiger partial charge in [0, 0.05) is 12.6 Å². The predicted octanol–water partition coefficient (Wildman–Crippen LogP) is 1.92. The van der Waals surface area contributed by atoms with Crippen LogP contribution in [0.2, 0.25) is 0 Å². The van der Waals surface area contributed by atoms with E-state index in [9.17, 15) is 0 Å². The molecule has 3 aliphatic heterocycles. The number of piperidine rings is 3. The molecule has 3 heterocycles. The molecule has 1 N–H and O–H groups in total. The minimum atomic E-state index is 0. The molecule has 0 radical (unpaired) electrons. The number of halogens is 2. The Balaban J connectivity index is 0.000000562. The highest BCUT2D eigenvalue weighted by Crippen LogP contribution is 2.34. The number of hydrogen-bond acceptors (Lipinski definition) is 2. The summed E-state index contributed by atoms with van der Waals surface area (Å²) < 4.78 is 0. The summed E-state index contributed by atoms with van der Waals surface area (Å²) >= 11 is 0. The molecule has 0 aliphatic carbocycles. The smallest absolute Gasteiger partial charge is 0.0136 e. The largest absolute Gasteiger partial charge is 0.316 e. The maximum absolute atomic E-state index is 3.59. The first-order chi connectivity index (χ1) is 6.43. The Hall–Kier alpha value is 0.500. The molecule has 3 saturated heterocycles. The van der Waals surface area contributed by atoms with Gasteiger partial charge in [0.05, 0.1) is 0 Å². The molecule has 0 aromatic rings. The minimum Gasteiger partial charge on any atom is -0.316 e. The second-order valence-corrected chi connectivity index (χ2v) is 5.08. The van der Waals surface area contributed by atoms with E-state index in [2.05, 4.69) is 10.2 Å². The number of fused-ring (bicyclic) bond motifs is 4. The van der Waals surface area contributed by atoms with Crippen molar-refractivity contribution in [3.05, 3.63) is 0 Å². The molecular weight excluding hydrogens is 231 g/mol. The van der Waals surface area contributed by atoms with Crippen molar-refractivity contribution in [2.24, 2.45) is 11.8 Å². The number of nitrogens with zero attached hydrogens (tertiary/aromatic N) is 1. The second kappa shape index (κ2) is 5.72. The van der Waals surface area contributed by atoms with Crippen molar-refractivity contribution in [3.8, 4) is 0 Å². The highest BCUT2D eigenvalue weighted by molar-refractivity contribution is 5.85. The third-order valence-electron chi connectivity index (χ3n) is 4.18. The van der Waals surface area contributed by atoms with E-state index >= 15 is 0 Å². The van der Waals surface area contributed by atoms with Crippen molar-refractivity contribution in [2.45, 2.75) is 31.7 Å². The van der Waals surface area contributed by atoms with Gasteiger partial charge in [-0.05, 0) is 50.7 Å². The van der Waals surface area contributed by atoms with Gasteiger partial charge in [-0.15, -0.1) is 24.8 Å². The van der Waals surface area contributed by atoms with Gasteiger partial charge in [-0.25, -0.2) is 0 Å². The average molecular weight is 253 g/mol. The van der Waals surface area contributed by atoms with Gasteiger partial charge in [-0.2, -0.15) is 0 Å². The Labute approximate surface area is 105 Å². The monoisotopic (exact) mass is 252 g/mol. The summed E-state index contributed by atoms with van der Waals surface area (Å²) in [5, 5.41) is 3.59. The molecule has 0 amide bonds. The van der Waals surface area contributed by atoms with Crippen molar-refractivity contribution < 1.29 is 0 Å². The zero-order chi connectivity index (χ0) is 8.67. The molecule has 4 heteroatoms. The summed E-state index contributed by atoms with van der Waals surface area (Å²) in [5.41, 5.74) is 0. The van der Waals surface area contributed by atoms with Crippen LogP contribution in [0.1, 0.15) is 25.7 Å². The highest BCUT2D eigenvalue weighted by atomic mass is 35.5. The SMILES string of the molecule is C1CCN2C[C@H]3CNC[C@@H](C3)[C@@H]2C1.Cl.Cl. The van der Waals surface area contributed by atoms with E-state index in [-0.39, 0.29) is 24.8 Å². The van der Waals surface area contributed by atoms with Crippen LogP contribution in [0.5, 0.6) is 0 Å². The quantitative estimate of drug-likeness (QED) is 0.709. The van der Waals surface area contributed by atoms with Gasteiger partial charge in [0.15, 0.2) is 0 Å². The van der Waals surface area contributed by atoms with Crippen LogP contribution in [-0.2, 0) is 0 Å². The molecule has 3 fully saturated rings. The van der Waals surface area contributed by atoms with Gasteiger partial charge in [-0.1, -0.05) is 6.42 Å². The normalized spacial score (nSPS) is 39.6. The van der Waals surface area contributed by atoms with Gasteiger partial charge in [0.25, 0.3) is 0 Å². The molecule has 0 spiro atoms. The van der Waals surface area contributed by atoms with Crippen LogP contribution >= 0.6 is 24.8 Å². The van der Waals surface area contributed by atoms with Crippen molar-refractivity contribution in [1.82, 2.24) is 10.2 Å². The van der Waals surface area contributed by atoms with Crippen molar-refractivity contribution in [3.63, 3.8) is 0 Å². The number of rotatable bonds is 0. The van der Waals surface area contributed by atoms with Crippen LogP contribution in [0.4, 0.5) is 0 Å². The summed E-state index contributed by atoms with van der Waals surface area (Å²) in [5.74, 6) is 1.95. The fourth-order valence-corrected chi connectivity index (χ4v) is 3.61. The molecular formula is C11H22Cl2N2. The highest BCUT2D eigenvalue weighted by Gasteiger charge is 2.38. The summed E-state index contributed by atoms with van der Waals surface area (Å²) in [6, 6.07) is 0.942. The molecule has 0 aromatic carbocycles. The maximum Gasteiger partial charge on any atom is 0.0136 e. The van der Waals surface area contributed by atoms with Crippen LogP contribution in [0.15, 0.2) is 0 Å². The summed E-state index contributed by atoms with van der Waals surface area (Å²) in [4.78, 5) is 2.78. The van der Waals surface area contributed by atoms with Crippen LogP contribution in [-0.4, -0.2) is 37.1 Å². The Morgan fingerprint density at radius 3 is 2.80 bits per heavy atom. The third-order valence-corrected chi connectivity index (χ3v) is 4.18. The molecule has 15 heavy (non-hydrogen) atoms. The molecule has 90 valence electrons. The Morgan fingerprint density at radius 2 is 1.93 bits per heavy atom. The minimum absolute atomic E-state index is 0. The van der Waals surface area contributed by atoms with Gasteiger partial charge in [-0.3, -0.25) is 4.90 Å². The molecule has 2 nitrogen and oxygen atoms in total. The van der Waals surface area contributed by atoms with Crippen molar-refractivity contribution in [1.29, 1.82) is 0 Å². The number of nitrogens with one attached hydrogen (secondary N) is 1. The topological polar surface area (TPSA) is 15.3 Å². The van der Waals surface area contributed by atoms with Crippen LogP contribution in [0.3, 0.4) is 0 Å². The van der Waals surface area contributed by atoms with E-state index in [4.69, 9.17) is 0 Å². The lowest BCUT2D eigenvalue weighted by atomic mass is 9.77. The number of hydrogen-bond donors (Lipinski definition) is 1. The molecule has 0 aromatic heterocycles. The molecule has 2 bridgehead atoms. The first kappa shape index (κ1) is 13.6. The molecule has 0 saturated carbocycles. The van der Waals surface area contributed by atoms with Gasteiger partial charge in [0.2, 0.25) is 0 Å². The van der Waals surface area contributed by atoms with Gasteiger partial charge >= 0.3 is 0 Å². The van der Waals surface area contributed by atoms with Gasteiger partial charge < -0.3 is 5.32 Å². The summed E-state index contributed by atoms with van der Waals surface area (Å²) in [6.07, 6.45) is 5.90. The lowest BCUT2D eigenvalue weighted by Crippen LogP contribution is -2.58. The van der Waals surface area contributed by atoms with E-state index in [1.54, 1.807) is 0 Å². The molecule has 3 atom stereocenters. The third kappa shape index (κ3) is 2.60. The van der Waals surface area contributed by atoms with Crippen molar-refractivity contribution in [2.75, 3.05) is 26.2 Å². The zero-order valence-electron chi connectivity index (χ0n) is 9.15. The van der Waals surface area contributed by atoms with Crippen LogP contribution in [0, 0.1) is 11.8 Å². The van der Waals surface area contributed by atoms with Crippen LogP contribution < -0.4 is 5.32 Å². The lowest BCUT2D eigenvalue weighted by molar-refractivity contribution is 0.0109. The first-order valence-corrected chi connectivity index (χ1v) is 5.88. The van der Waals surface area contributed by atoms with E-state index in [0.717, 1.165) is 17.9 Å². The van der Waals surface area contributed by atoms with Crippen LogP contribution in [0.25, 0.3) is 0 Å². The molecule has 3 aliphatic rings. The zero-order valence-corrected chi connectivity index (χ0v) is 10.8. The average Bonchev–Trinajstić information content (AvgIpc) is 2.18. The molecule has 3 rings (SSSR count). The Bertz CT molecular complexity index is 197. The van der Waals surface area contributed by atoms with Gasteiger partial charge in [0.1, 0.15) is 0 Å².